The molecule has 17 heavy (non-hydrogen) atoms. The maximum absolute atomic E-state index is 11.6. The van der Waals surface area contributed by atoms with Crippen molar-refractivity contribution in [2.75, 3.05) is 18.3 Å². The average Bonchev–Trinajstić information content (AvgIpc) is 2.29. The molecular weight excluding hydrogens is 238 g/mol. The van der Waals surface area contributed by atoms with Gasteiger partial charge >= 0.3 is 0 Å². The quantitative estimate of drug-likeness (QED) is 0.625. The average molecular weight is 256 g/mol. The number of aryl methyl sites for hydroxylation is 1. The molecule has 1 amide bonds. The van der Waals surface area contributed by atoms with E-state index in [9.17, 15) is 4.79 Å². The van der Waals surface area contributed by atoms with Crippen molar-refractivity contribution in [2.24, 2.45) is 0 Å². The van der Waals surface area contributed by atoms with Crippen molar-refractivity contribution in [1.82, 2.24) is 0 Å². The summed E-state index contributed by atoms with van der Waals surface area (Å²) in [5.41, 5.74) is 1.81. The molecule has 1 N–H and O–H groups in total. The van der Waals surface area contributed by atoms with Gasteiger partial charge in [0, 0.05) is 18.0 Å². The first-order chi connectivity index (χ1) is 8.17. The van der Waals surface area contributed by atoms with Crippen LogP contribution in [0, 0.1) is 6.92 Å². The predicted octanol–water partition coefficient (Wildman–Crippen LogP) is 3.35. The molecule has 0 unspecified atom stereocenters. The van der Waals surface area contributed by atoms with E-state index >= 15 is 0 Å². The Hall–Kier alpha value is -1.22. The lowest BCUT2D eigenvalue weighted by Crippen LogP contribution is -2.11. The van der Waals surface area contributed by atoms with Crippen LogP contribution in [0.5, 0.6) is 5.75 Å². The van der Waals surface area contributed by atoms with Crippen molar-refractivity contribution in [2.45, 2.75) is 26.2 Å². The van der Waals surface area contributed by atoms with Gasteiger partial charge in [0.15, 0.2) is 0 Å². The molecular formula is C13H18ClNO2. The SMILES string of the molecule is COc1ccc(NC(=O)CCCCCl)cc1C. The first-order valence-corrected chi connectivity index (χ1v) is 6.21. The van der Waals surface area contributed by atoms with E-state index in [1.165, 1.54) is 0 Å². The Bertz CT molecular complexity index is 380. The molecule has 94 valence electrons. The summed E-state index contributed by atoms with van der Waals surface area (Å²) in [5.74, 6) is 1.46. The van der Waals surface area contributed by atoms with Crippen LogP contribution >= 0.6 is 11.6 Å². The molecule has 0 spiro atoms. The van der Waals surface area contributed by atoms with Gasteiger partial charge in [-0.05, 0) is 43.5 Å². The van der Waals surface area contributed by atoms with Crippen LogP contribution in [0.4, 0.5) is 5.69 Å². The molecule has 3 nitrogen and oxygen atoms in total. The third-order valence-electron chi connectivity index (χ3n) is 2.47. The van der Waals surface area contributed by atoms with E-state index in [0.29, 0.717) is 12.3 Å². The van der Waals surface area contributed by atoms with Crippen LogP contribution in [0.3, 0.4) is 0 Å². The second-order valence-electron chi connectivity index (χ2n) is 3.88. The first-order valence-electron chi connectivity index (χ1n) is 5.68. The Morgan fingerprint density at radius 1 is 1.41 bits per heavy atom. The lowest BCUT2D eigenvalue weighted by atomic mass is 10.2. The topological polar surface area (TPSA) is 38.3 Å². The zero-order chi connectivity index (χ0) is 12.7. The fourth-order valence-corrected chi connectivity index (χ4v) is 1.75. The van der Waals surface area contributed by atoms with Crippen molar-refractivity contribution < 1.29 is 9.53 Å². The Kier molecular flexibility index (Phi) is 5.84. The zero-order valence-corrected chi connectivity index (χ0v) is 11.0. The summed E-state index contributed by atoms with van der Waals surface area (Å²) in [6, 6.07) is 5.59. The Morgan fingerprint density at radius 3 is 2.76 bits per heavy atom. The zero-order valence-electron chi connectivity index (χ0n) is 10.3. The van der Waals surface area contributed by atoms with Gasteiger partial charge in [0.25, 0.3) is 0 Å². The summed E-state index contributed by atoms with van der Waals surface area (Å²) < 4.78 is 5.16. The number of benzene rings is 1. The standard InChI is InChI=1S/C13H18ClNO2/c1-10-9-11(6-7-12(10)17-2)15-13(16)5-3-4-8-14/h6-7,9H,3-5,8H2,1-2H3,(H,15,16). The minimum absolute atomic E-state index is 0.0275. The van der Waals surface area contributed by atoms with Gasteiger partial charge in [-0.3, -0.25) is 4.79 Å². The summed E-state index contributed by atoms with van der Waals surface area (Å²) >= 11 is 5.55. The van der Waals surface area contributed by atoms with E-state index < -0.39 is 0 Å². The maximum atomic E-state index is 11.6. The van der Waals surface area contributed by atoms with Gasteiger partial charge < -0.3 is 10.1 Å². The highest BCUT2D eigenvalue weighted by Gasteiger charge is 2.04. The molecule has 0 saturated heterocycles. The van der Waals surface area contributed by atoms with Crippen LogP contribution < -0.4 is 10.1 Å². The summed E-state index contributed by atoms with van der Waals surface area (Å²) in [5, 5.41) is 2.86. The minimum Gasteiger partial charge on any atom is -0.496 e. The highest BCUT2D eigenvalue weighted by Crippen LogP contribution is 2.21. The van der Waals surface area contributed by atoms with Crippen LogP contribution in [0.15, 0.2) is 18.2 Å². The van der Waals surface area contributed by atoms with Crippen molar-refractivity contribution >= 4 is 23.2 Å². The van der Waals surface area contributed by atoms with Gasteiger partial charge in [-0.25, -0.2) is 0 Å². The van der Waals surface area contributed by atoms with Crippen LogP contribution in [0.1, 0.15) is 24.8 Å². The van der Waals surface area contributed by atoms with Crippen molar-refractivity contribution in [1.29, 1.82) is 0 Å². The normalized spacial score (nSPS) is 10.1. The second kappa shape index (κ2) is 7.17. The highest BCUT2D eigenvalue weighted by molar-refractivity contribution is 6.17. The number of carbonyl (C=O) groups is 1. The molecule has 0 fully saturated rings. The molecule has 0 radical (unpaired) electrons. The molecule has 0 aliphatic carbocycles. The Morgan fingerprint density at radius 2 is 2.18 bits per heavy atom. The monoisotopic (exact) mass is 255 g/mol. The summed E-state index contributed by atoms with van der Waals surface area (Å²) in [7, 11) is 1.63. The predicted molar refractivity (Wildman–Crippen MR) is 70.9 cm³/mol. The van der Waals surface area contributed by atoms with Gasteiger partial charge in [0.05, 0.1) is 7.11 Å². The lowest BCUT2D eigenvalue weighted by Gasteiger charge is -2.08. The van der Waals surface area contributed by atoms with Crippen LogP contribution in [0.2, 0.25) is 0 Å². The fraction of sp³-hybridized carbons (Fsp3) is 0.462. The molecule has 1 aromatic carbocycles. The van der Waals surface area contributed by atoms with Crippen molar-refractivity contribution in [3.8, 4) is 5.75 Å². The van der Waals surface area contributed by atoms with E-state index in [0.717, 1.165) is 29.8 Å². The number of rotatable bonds is 6. The number of halogens is 1. The molecule has 0 heterocycles. The summed E-state index contributed by atoms with van der Waals surface area (Å²) in [4.78, 5) is 11.6. The fourth-order valence-electron chi connectivity index (χ4n) is 1.56. The van der Waals surface area contributed by atoms with E-state index in [1.54, 1.807) is 7.11 Å². The largest absolute Gasteiger partial charge is 0.496 e. The number of amides is 1. The number of alkyl halides is 1. The number of carbonyl (C=O) groups excluding carboxylic acids is 1. The smallest absolute Gasteiger partial charge is 0.224 e. The number of hydrogen-bond donors (Lipinski definition) is 1. The third kappa shape index (κ3) is 4.65. The number of ether oxygens (including phenoxy) is 1. The number of nitrogens with one attached hydrogen (secondary N) is 1. The summed E-state index contributed by atoms with van der Waals surface area (Å²) in [6.45, 7) is 1.95. The number of methoxy groups -OCH3 is 1. The lowest BCUT2D eigenvalue weighted by molar-refractivity contribution is -0.116. The number of unbranched alkanes of at least 4 members (excludes halogenated alkanes) is 1. The molecule has 0 aliphatic heterocycles. The molecule has 4 heteroatoms. The first kappa shape index (κ1) is 13.8. The Labute approximate surface area is 107 Å². The van der Waals surface area contributed by atoms with E-state index in [4.69, 9.17) is 16.3 Å². The third-order valence-corrected chi connectivity index (χ3v) is 2.73. The van der Waals surface area contributed by atoms with Crippen LogP contribution in [-0.4, -0.2) is 18.9 Å². The van der Waals surface area contributed by atoms with Gasteiger partial charge in [-0.15, -0.1) is 11.6 Å². The van der Waals surface area contributed by atoms with Gasteiger partial charge in [-0.2, -0.15) is 0 Å². The molecule has 1 aromatic rings. The number of hydrogen-bond acceptors (Lipinski definition) is 2. The molecule has 0 atom stereocenters. The van der Waals surface area contributed by atoms with E-state index in [1.807, 2.05) is 25.1 Å². The molecule has 0 saturated carbocycles. The van der Waals surface area contributed by atoms with E-state index in [-0.39, 0.29) is 5.91 Å². The second-order valence-corrected chi connectivity index (χ2v) is 4.26. The van der Waals surface area contributed by atoms with Crippen LogP contribution in [0.25, 0.3) is 0 Å². The van der Waals surface area contributed by atoms with Crippen LogP contribution in [-0.2, 0) is 4.79 Å². The minimum atomic E-state index is 0.0275. The van der Waals surface area contributed by atoms with Gasteiger partial charge in [0.1, 0.15) is 5.75 Å². The molecule has 0 bridgehead atoms. The molecule has 0 aromatic heterocycles. The Balaban J connectivity index is 2.51. The maximum Gasteiger partial charge on any atom is 0.224 e. The number of anilines is 1. The van der Waals surface area contributed by atoms with Gasteiger partial charge in [-0.1, -0.05) is 0 Å². The molecule has 1 rings (SSSR count). The summed E-state index contributed by atoms with van der Waals surface area (Å²) in [6.07, 6.45) is 2.21. The van der Waals surface area contributed by atoms with Crippen molar-refractivity contribution in [3.63, 3.8) is 0 Å². The molecule has 0 aliphatic rings. The van der Waals surface area contributed by atoms with Crippen molar-refractivity contribution in [3.05, 3.63) is 23.8 Å². The van der Waals surface area contributed by atoms with E-state index in [2.05, 4.69) is 5.32 Å². The highest BCUT2D eigenvalue weighted by atomic mass is 35.5. The van der Waals surface area contributed by atoms with Gasteiger partial charge in [0.2, 0.25) is 5.91 Å².